The molecule has 0 aliphatic heterocycles. The standard InChI is InChI=1S/C35H37N3O6S/c1-37(2)34(39)27-10-6-9-25(20-27)26-15-19-32(44-5)33(21-26)45(41,42)36-28-16-12-23-8-7-11-31(30(23)22-28)38(3)35(40)24-13-17-29(43-4)18-14-24/h6,9-10,12-22,31,36H,7-8,11H2,1-5H3. The fourth-order valence-electron chi connectivity index (χ4n) is 5.69. The van der Waals surface area contributed by atoms with Gasteiger partial charge in [0.05, 0.1) is 20.3 Å². The molecule has 10 heteroatoms. The second-order valence-corrected chi connectivity index (χ2v) is 12.9. The minimum absolute atomic E-state index is 0.0343. The topological polar surface area (TPSA) is 105 Å². The molecule has 1 unspecified atom stereocenters. The van der Waals surface area contributed by atoms with E-state index in [0.29, 0.717) is 33.7 Å². The van der Waals surface area contributed by atoms with E-state index in [1.54, 1.807) is 99.9 Å². The number of sulfonamides is 1. The van der Waals surface area contributed by atoms with Gasteiger partial charge in [0.1, 0.15) is 16.4 Å². The lowest BCUT2D eigenvalue weighted by Crippen LogP contribution is -2.33. The molecule has 5 rings (SSSR count). The fraction of sp³-hybridized carbons (Fsp3) is 0.257. The molecule has 1 aliphatic carbocycles. The molecule has 1 N–H and O–H groups in total. The van der Waals surface area contributed by atoms with Crippen LogP contribution in [-0.4, -0.2) is 65.4 Å². The first-order valence-electron chi connectivity index (χ1n) is 14.6. The number of methoxy groups -OCH3 is 2. The maximum atomic E-state index is 13.8. The number of aryl methyl sites for hydroxylation is 1. The van der Waals surface area contributed by atoms with Gasteiger partial charge in [0.2, 0.25) is 0 Å². The molecular formula is C35H37N3O6S. The van der Waals surface area contributed by atoms with Crippen LogP contribution in [0.5, 0.6) is 11.5 Å². The molecule has 0 saturated carbocycles. The Kier molecular flexibility index (Phi) is 9.15. The molecule has 0 heterocycles. The van der Waals surface area contributed by atoms with Gasteiger partial charge in [-0.05, 0) is 102 Å². The molecular weight excluding hydrogens is 590 g/mol. The summed E-state index contributed by atoms with van der Waals surface area (Å²) in [4.78, 5) is 29.1. The van der Waals surface area contributed by atoms with E-state index >= 15 is 0 Å². The van der Waals surface area contributed by atoms with Crippen LogP contribution >= 0.6 is 0 Å². The number of carbonyl (C=O) groups is 2. The van der Waals surface area contributed by atoms with Crippen LogP contribution in [-0.2, 0) is 16.4 Å². The Morgan fingerprint density at radius 2 is 1.53 bits per heavy atom. The maximum absolute atomic E-state index is 13.8. The predicted octanol–water partition coefficient (Wildman–Crippen LogP) is 6.02. The number of nitrogens with one attached hydrogen (secondary N) is 1. The zero-order valence-corrected chi connectivity index (χ0v) is 26.9. The Labute approximate surface area is 264 Å². The number of anilines is 1. The molecule has 0 fully saturated rings. The second-order valence-electron chi connectivity index (χ2n) is 11.2. The van der Waals surface area contributed by atoms with Crippen LogP contribution in [0.15, 0.2) is 89.8 Å². The molecule has 0 saturated heterocycles. The maximum Gasteiger partial charge on any atom is 0.265 e. The minimum Gasteiger partial charge on any atom is -0.497 e. The van der Waals surface area contributed by atoms with E-state index in [-0.39, 0.29) is 28.5 Å². The third-order valence-corrected chi connectivity index (χ3v) is 9.51. The Balaban J connectivity index is 1.44. The molecule has 0 bridgehead atoms. The Bertz CT molecular complexity index is 1840. The van der Waals surface area contributed by atoms with Crippen molar-refractivity contribution in [1.29, 1.82) is 0 Å². The number of hydrogen-bond donors (Lipinski definition) is 1. The number of hydrogen-bond acceptors (Lipinski definition) is 6. The number of ether oxygens (including phenoxy) is 2. The van der Waals surface area contributed by atoms with Crippen molar-refractivity contribution in [1.82, 2.24) is 9.80 Å². The monoisotopic (exact) mass is 627 g/mol. The Hall–Kier alpha value is -4.83. The smallest absolute Gasteiger partial charge is 0.265 e. The zero-order valence-electron chi connectivity index (χ0n) is 26.0. The molecule has 234 valence electrons. The third kappa shape index (κ3) is 6.66. The van der Waals surface area contributed by atoms with Gasteiger partial charge in [-0.1, -0.05) is 24.3 Å². The summed E-state index contributed by atoms with van der Waals surface area (Å²) in [6.07, 6.45) is 2.51. The summed E-state index contributed by atoms with van der Waals surface area (Å²) in [6, 6.07) is 24.2. The van der Waals surface area contributed by atoms with Crippen LogP contribution < -0.4 is 14.2 Å². The van der Waals surface area contributed by atoms with E-state index < -0.39 is 10.0 Å². The molecule has 0 aromatic heterocycles. The number of amides is 2. The largest absolute Gasteiger partial charge is 0.497 e. The van der Waals surface area contributed by atoms with Crippen molar-refractivity contribution in [3.63, 3.8) is 0 Å². The average molecular weight is 628 g/mol. The predicted molar refractivity (Wildman–Crippen MR) is 174 cm³/mol. The second kappa shape index (κ2) is 13.0. The van der Waals surface area contributed by atoms with E-state index in [1.807, 2.05) is 18.2 Å². The summed E-state index contributed by atoms with van der Waals surface area (Å²) < 4.78 is 41.1. The van der Waals surface area contributed by atoms with Gasteiger partial charge in [-0.3, -0.25) is 14.3 Å². The van der Waals surface area contributed by atoms with Crippen LogP contribution in [0.4, 0.5) is 5.69 Å². The fourth-order valence-corrected chi connectivity index (χ4v) is 6.93. The zero-order chi connectivity index (χ0) is 32.3. The highest BCUT2D eigenvalue weighted by molar-refractivity contribution is 7.92. The van der Waals surface area contributed by atoms with E-state index in [9.17, 15) is 18.0 Å². The number of rotatable bonds is 9. The van der Waals surface area contributed by atoms with Crippen molar-refractivity contribution in [3.8, 4) is 22.6 Å². The molecule has 0 spiro atoms. The van der Waals surface area contributed by atoms with Gasteiger partial charge in [0.15, 0.2) is 0 Å². The van der Waals surface area contributed by atoms with Gasteiger partial charge in [0, 0.05) is 38.0 Å². The van der Waals surface area contributed by atoms with Crippen molar-refractivity contribution < 1.29 is 27.5 Å². The molecule has 2 amide bonds. The van der Waals surface area contributed by atoms with E-state index in [1.165, 1.54) is 12.0 Å². The quantitative estimate of drug-likeness (QED) is 0.243. The van der Waals surface area contributed by atoms with Gasteiger partial charge in [-0.15, -0.1) is 0 Å². The van der Waals surface area contributed by atoms with E-state index in [0.717, 1.165) is 30.4 Å². The first-order chi connectivity index (χ1) is 21.5. The summed E-state index contributed by atoms with van der Waals surface area (Å²) in [5.74, 6) is 0.581. The molecule has 0 radical (unpaired) electrons. The average Bonchev–Trinajstić information content (AvgIpc) is 3.06. The number of carbonyl (C=O) groups excluding carboxylic acids is 2. The first-order valence-corrected chi connectivity index (χ1v) is 16.1. The van der Waals surface area contributed by atoms with E-state index in [4.69, 9.17) is 9.47 Å². The number of fused-ring (bicyclic) bond motifs is 1. The lowest BCUT2D eigenvalue weighted by atomic mass is 9.86. The summed E-state index contributed by atoms with van der Waals surface area (Å²) in [7, 11) is 4.04. The molecule has 9 nitrogen and oxygen atoms in total. The van der Waals surface area contributed by atoms with Gasteiger partial charge in [-0.25, -0.2) is 8.42 Å². The Morgan fingerprint density at radius 3 is 2.22 bits per heavy atom. The summed E-state index contributed by atoms with van der Waals surface area (Å²) >= 11 is 0. The van der Waals surface area contributed by atoms with Gasteiger partial charge >= 0.3 is 0 Å². The summed E-state index contributed by atoms with van der Waals surface area (Å²) in [5, 5.41) is 0. The highest BCUT2D eigenvalue weighted by Crippen LogP contribution is 2.37. The Morgan fingerprint density at radius 1 is 0.800 bits per heavy atom. The molecule has 1 atom stereocenters. The molecule has 4 aromatic carbocycles. The summed E-state index contributed by atoms with van der Waals surface area (Å²) in [6.45, 7) is 0. The highest BCUT2D eigenvalue weighted by Gasteiger charge is 2.29. The van der Waals surface area contributed by atoms with Crippen LogP contribution in [0, 0.1) is 0 Å². The normalized spacial score (nSPS) is 14.2. The highest BCUT2D eigenvalue weighted by atomic mass is 32.2. The first kappa shape index (κ1) is 31.6. The van der Waals surface area contributed by atoms with E-state index in [2.05, 4.69) is 4.72 Å². The van der Waals surface area contributed by atoms with Crippen molar-refractivity contribution >= 4 is 27.5 Å². The van der Waals surface area contributed by atoms with Gasteiger partial charge in [0.25, 0.3) is 21.8 Å². The minimum atomic E-state index is -4.10. The van der Waals surface area contributed by atoms with Gasteiger partial charge in [-0.2, -0.15) is 0 Å². The summed E-state index contributed by atoms with van der Waals surface area (Å²) in [5.41, 5.74) is 4.73. The molecule has 45 heavy (non-hydrogen) atoms. The van der Waals surface area contributed by atoms with Crippen molar-refractivity contribution in [2.75, 3.05) is 40.1 Å². The van der Waals surface area contributed by atoms with Crippen LogP contribution in [0.25, 0.3) is 11.1 Å². The SMILES string of the molecule is COc1ccc(C(=O)N(C)C2CCCc3ccc(NS(=O)(=O)c4cc(-c5cccc(C(=O)N(C)C)c5)ccc4OC)cc32)cc1. The van der Waals surface area contributed by atoms with Crippen LogP contribution in [0.3, 0.4) is 0 Å². The van der Waals surface area contributed by atoms with Crippen molar-refractivity contribution in [2.45, 2.75) is 30.2 Å². The van der Waals surface area contributed by atoms with Crippen LogP contribution in [0.1, 0.15) is 50.7 Å². The van der Waals surface area contributed by atoms with Gasteiger partial charge < -0.3 is 19.3 Å². The lowest BCUT2D eigenvalue weighted by Gasteiger charge is -2.34. The number of nitrogens with zero attached hydrogens (tertiary/aromatic N) is 2. The number of benzene rings is 4. The lowest BCUT2D eigenvalue weighted by molar-refractivity contribution is 0.0714. The third-order valence-electron chi connectivity index (χ3n) is 8.11. The molecule has 1 aliphatic rings. The van der Waals surface area contributed by atoms with Crippen LogP contribution in [0.2, 0.25) is 0 Å². The van der Waals surface area contributed by atoms with Crippen molar-refractivity contribution in [3.05, 3.63) is 107 Å². The van der Waals surface area contributed by atoms with Crippen molar-refractivity contribution in [2.24, 2.45) is 0 Å². The molecule has 4 aromatic rings.